The lowest BCUT2D eigenvalue weighted by Gasteiger charge is -2.32. The minimum Gasteiger partial charge on any atom is -0.397 e. The number of hydrogen-bond acceptors (Lipinski definition) is 7. The van der Waals surface area contributed by atoms with Gasteiger partial charge in [0.2, 0.25) is 0 Å². The van der Waals surface area contributed by atoms with Gasteiger partial charge in [0.25, 0.3) is 0 Å². The first-order chi connectivity index (χ1) is 15.8. The molecule has 0 bridgehead atoms. The summed E-state index contributed by atoms with van der Waals surface area (Å²) in [5.41, 5.74) is 0. The molecule has 1 unspecified atom stereocenters. The van der Waals surface area contributed by atoms with Crippen LogP contribution < -0.4 is 5.32 Å². The number of hydrogen-bond donors (Lipinski definition) is 1. The van der Waals surface area contributed by atoms with Crippen LogP contribution in [0.25, 0.3) is 0 Å². The number of nitrogens with one attached hydrogen (secondary N) is 1. The van der Waals surface area contributed by atoms with E-state index in [2.05, 4.69) is 31.2 Å². The van der Waals surface area contributed by atoms with Gasteiger partial charge in [0.1, 0.15) is 0 Å². The van der Waals surface area contributed by atoms with Crippen LogP contribution in [0.1, 0.15) is 72.6 Å². The zero-order valence-electron chi connectivity index (χ0n) is 22.9. The molecule has 7 nitrogen and oxygen atoms in total. The maximum absolute atomic E-state index is 5.96. The Morgan fingerprint density at radius 1 is 0.848 bits per heavy atom. The fourth-order valence-corrected chi connectivity index (χ4v) is 10.6. The highest BCUT2D eigenvalue weighted by atomic mass is 28.4. The van der Waals surface area contributed by atoms with Crippen molar-refractivity contribution in [1.82, 2.24) is 10.2 Å². The Morgan fingerprint density at radius 3 is 1.91 bits per heavy atom. The highest BCUT2D eigenvalue weighted by molar-refractivity contribution is 6.66. The van der Waals surface area contributed by atoms with Gasteiger partial charge < -0.3 is 32.3 Å². The first-order valence-electron chi connectivity index (χ1n) is 12.8. The van der Waals surface area contributed by atoms with E-state index in [1.807, 2.05) is 20.8 Å². The Kier molecular flexibility index (Phi) is 20.8. The monoisotopic (exact) mass is 521 g/mol. The molecular formula is C23H53N2O5Si3. The van der Waals surface area contributed by atoms with E-state index < -0.39 is 18.1 Å². The fraction of sp³-hybridized carbons (Fsp3) is 1.00. The quantitative estimate of drug-likeness (QED) is 0.152. The molecule has 10 heteroatoms. The fourth-order valence-electron chi connectivity index (χ4n) is 4.01. The van der Waals surface area contributed by atoms with Crippen LogP contribution in [0.5, 0.6) is 0 Å². The standard InChI is InChI=1S/C23H53N2O5Si3/c1-9-28-33(29-10-2,30-11-3)21-17-19-24-22-31-23(4,32(26-7)27-8)18-15-13-12-14-16-20-25(5)6/h24H,9-22H2,1-8H3. The lowest BCUT2D eigenvalue weighted by Crippen LogP contribution is -2.46. The highest BCUT2D eigenvalue weighted by Gasteiger charge is 2.40. The summed E-state index contributed by atoms with van der Waals surface area (Å²) < 4.78 is 29.6. The zero-order chi connectivity index (χ0) is 25.0. The van der Waals surface area contributed by atoms with Crippen molar-refractivity contribution >= 4 is 27.6 Å². The van der Waals surface area contributed by atoms with Gasteiger partial charge >= 0.3 is 18.1 Å². The first kappa shape index (κ1) is 33.4. The first-order valence-corrected chi connectivity index (χ1v) is 17.3. The van der Waals surface area contributed by atoms with Crippen molar-refractivity contribution in [1.29, 1.82) is 0 Å². The summed E-state index contributed by atoms with van der Waals surface area (Å²) in [5, 5.41) is 3.64. The summed E-state index contributed by atoms with van der Waals surface area (Å²) in [7, 11) is 4.84. The minimum atomic E-state index is -2.54. The molecule has 1 atom stereocenters. The molecule has 1 N–H and O–H groups in total. The van der Waals surface area contributed by atoms with Crippen molar-refractivity contribution in [3.05, 3.63) is 0 Å². The average molecular weight is 522 g/mol. The van der Waals surface area contributed by atoms with Crippen molar-refractivity contribution in [2.24, 2.45) is 0 Å². The molecule has 0 aromatic heterocycles. The van der Waals surface area contributed by atoms with Gasteiger partial charge in [0.05, 0.1) is 9.52 Å². The zero-order valence-corrected chi connectivity index (χ0v) is 25.9. The van der Waals surface area contributed by atoms with E-state index in [1.54, 1.807) is 14.2 Å². The molecule has 0 aliphatic heterocycles. The summed E-state index contributed by atoms with van der Waals surface area (Å²) in [4.78, 5) is 2.27. The third-order valence-electron chi connectivity index (χ3n) is 5.64. The van der Waals surface area contributed by atoms with Gasteiger partial charge in [-0.1, -0.05) is 32.6 Å². The van der Waals surface area contributed by atoms with E-state index >= 15 is 0 Å². The maximum Gasteiger partial charge on any atom is 0.500 e. The summed E-state index contributed by atoms with van der Waals surface area (Å²) >= 11 is 0. The molecule has 0 rings (SSSR count). The molecule has 0 amide bonds. The van der Waals surface area contributed by atoms with Crippen molar-refractivity contribution < 1.29 is 22.1 Å². The number of unbranched alkanes of at least 4 members (excludes halogenated alkanes) is 4. The Morgan fingerprint density at radius 2 is 1.39 bits per heavy atom. The molecule has 0 aliphatic carbocycles. The molecule has 3 radical (unpaired) electrons. The van der Waals surface area contributed by atoms with Crippen molar-refractivity contribution in [3.63, 3.8) is 0 Å². The second-order valence-electron chi connectivity index (χ2n) is 8.79. The van der Waals surface area contributed by atoms with Gasteiger partial charge in [-0.3, -0.25) is 0 Å². The van der Waals surface area contributed by atoms with Crippen LogP contribution in [0.15, 0.2) is 0 Å². The second kappa shape index (κ2) is 20.6. The number of nitrogens with zero attached hydrogens (tertiary/aromatic N) is 1. The predicted molar refractivity (Wildman–Crippen MR) is 143 cm³/mol. The Hall–Kier alpha value is 0.371. The van der Waals surface area contributed by atoms with E-state index in [0.717, 1.165) is 34.7 Å². The Bertz CT molecular complexity index is 431. The van der Waals surface area contributed by atoms with Crippen molar-refractivity contribution in [2.45, 2.75) is 83.3 Å². The van der Waals surface area contributed by atoms with Gasteiger partial charge in [0, 0.05) is 44.7 Å². The van der Waals surface area contributed by atoms with Crippen molar-refractivity contribution in [3.8, 4) is 0 Å². The lowest BCUT2D eigenvalue weighted by atomic mass is 10.1. The third-order valence-corrected chi connectivity index (χ3v) is 13.3. The van der Waals surface area contributed by atoms with Gasteiger partial charge in [-0.15, -0.1) is 0 Å². The van der Waals surface area contributed by atoms with Gasteiger partial charge in [-0.2, -0.15) is 0 Å². The molecule has 33 heavy (non-hydrogen) atoms. The van der Waals surface area contributed by atoms with Gasteiger partial charge in [0.15, 0.2) is 0 Å². The molecule has 0 aliphatic rings. The normalized spacial score (nSPS) is 14.4. The topological polar surface area (TPSA) is 61.4 Å². The summed E-state index contributed by atoms with van der Waals surface area (Å²) in [5.74, 6) is 0. The third kappa shape index (κ3) is 15.2. The maximum atomic E-state index is 5.96. The predicted octanol–water partition coefficient (Wildman–Crippen LogP) is 4.08. The number of rotatable bonds is 24. The van der Waals surface area contributed by atoms with Crippen LogP contribution in [0.4, 0.5) is 0 Å². The summed E-state index contributed by atoms with van der Waals surface area (Å²) in [6.45, 7) is 12.4. The summed E-state index contributed by atoms with van der Waals surface area (Å²) in [6, 6.07) is 0.856. The van der Waals surface area contributed by atoms with E-state index in [9.17, 15) is 0 Å². The average Bonchev–Trinajstić information content (AvgIpc) is 2.76. The van der Waals surface area contributed by atoms with Crippen LogP contribution in [0.2, 0.25) is 10.7 Å². The van der Waals surface area contributed by atoms with Gasteiger partial charge in [-0.25, -0.2) is 0 Å². The molecule has 0 spiro atoms. The molecule has 0 aromatic carbocycles. The minimum absolute atomic E-state index is 0.130. The molecule has 197 valence electrons. The molecule has 0 fully saturated rings. The largest absolute Gasteiger partial charge is 0.500 e. The Labute approximate surface area is 210 Å². The lowest BCUT2D eigenvalue weighted by molar-refractivity contribution is 0.0708. The molecule has 0 aromatic rings. The molecule has 0 heterocycles. The van der Waals surface area contributed by atoms with E-state index in [-0.39, 0.29) is 4.66 Å². The van der Waals surface area contributed by atoms with Crippen LogP contribution in [0, 0.1) is 0 Å². The van der Waals surface area contributed by atoms with Crippen LogP contribution in [0.3, 0.4) is 0 Å². The molecule has 0 saturated heterocycles. The smallest absolute Gasteiger partial charge is 0.397 e. The second-order valence-corrected chi connectivity index (χ2v) is 16.3. The molecular weight excluding hydrogens is 469 g/mol. The van der Waals surface area contributed by atoms with Gasteiger partial charge in [-0.05, 0) is 73.4 Å². The van der Waals surface area contributed by atoms with E-state index in [4.69, 9.17) is 22.1 Å². The van der Waals surface area contributed by atoms with E-state index in [1.165, 1.54) is 45.1 Å². The SMILES string of the molecule is CCO[Si](CCCNC[Si]C(C)(CCCCCCCN(C)C)[Si](OC)OC)(OCC)OCC. The van der Waals surface area contributed by atoms with Crippen LogP contribution in [-0.4, -0.2) is 99.9 Å². The summed E-state index contributed by atoms with van der Waals surface area (Å²) in [6.07, 6.45) is 9.63. The van der Waals surface area contributed by atoms with Crippen LogP contribution >= 0.6 is 0 Å². The Balaban J connectivity index is 4.44. The van der Waals surface area contributed by atoms with Crippen LogP contribution in [-0.2, 0) is 22.1 Å². The van der Waals surface area contributed by atoms with E-state index in [0.29, 0.717) is 19.8 Å². The van der Waals surface area contributed by atoms with Crippen molar-refractivity contribution in [2.75, 3.05) is 67.4 Å². The molecule has 0 saturated carbocycles. The highest BCUT2D eigenvalue weighted by Crippen LogP contribution is 2.35.